The molecule has 1 aliphatic rings. The topological polar surface area (TPSA) is 53.8 Å². The fourth-order valence-electron chi connectivity index (χ4n) is 3.52. The van der Waals surface area contributed by atoms with E-state index < -0.39 is 10.8 Å². The zero-order chi connectivity index (χ0) is 21.1. The Morgan fingerprint density at radius 2 is 1.77 bits per heavy atom. The number of anilines is 1. The van der Waals surface area contributed by atoms with E-state index >= 15 is 0 Å². The summed E-state index contributed by atoms with van der Waals surface area (Å²) >= 11 is 5.96. The Labute approximate surface area is 183 Å². The number of hydrogen-bond acceptors (Lipinski definition) is 4. The van der Waals surface area contributed by atoms with Crippen molar-refractivity contribution in [3.8, 4) is 0 Å². The summed E-state index contributed by atoms with van der Waals surface area (Å²) in [5.74, 6) is 0.976. The van der Waals surface area contributed by atoms with Crippen LogP contribution in [0.3, 0.4) is 0 Å². The molecule has 1 atom stereocenters. The van der Waals surface area contributed by atoms with Gasteiger partial charge in [0, 0.05) is 41.8 Å². The Hall–Kier alpha value is -2.57. The lowest BCUT2D eigenvalue weighted by molar-refractivity contribution is 0.0713. The summed E-state index contributed by atoms with van der Waals surface area (Å²) in [5.41, 5.74) is 2.17. The highest BCUT2D eigenvalue weighted by molar-refractivity contribution is 7.84. The number of piperazine rings is 1. The molecule has 4 rings (SSSR count). The highest BCUT2D eigenvalue weighted by Gasteiger charge is 2.24. The first kappa shape index (κ1) is 20.7. The summed E-state index contributed by atoms with van der Waals surface area (Å²) in [4.78, 5) is 17.6. The van der Waals surface area contributed by atoms with Gasteiger partial charge in [-0.05, 0) is 61.0 Å². The summed E-state index contributed by atoms with van der Waals surface area (Å²) in [6, 6.07) is 18.8. The SMILES string of the molecule is Cc1cccc([S@](=O)Cc2ccc(C(=O)N3CCN(c4ccc(Cl)cc4)CC3)o2)c1. The first-order valence-electron chi connectivity index (χ1n) is 9.83. The van der Waals surface area contributed by atoms with E-state index in [-0.39, 0.29) is 11.7 Å². The molecule has 30 heavy (non-hydrogen) atoms. The number of carbonyl (C=O) groups excluding carboxylic acids is 1. The maximum atomic E-state index is 12.8. The molecule has 2 heterocycles. The van der Waals surface area contributed by atoms with Gasteiger partial charge in [0.15, 0.2) is 5.76 Å². The molecule has 0 aliphatic carbocycles. The molecule has 0 radical (unpaired) electrons. The lowest BCUT2D eigenvalue weighted by atomic mass is 10.2. The van der Waals surface area contributed by atoms with Gasteiger partial charge in [-0.1, -0.05) is 23.7 Å². The van der Waals surface area contributed by atoms with Gasteiger partial charge in [-0.2, -0.15) is 0 Å². The molecular formula is C23H23ClN2O3S. The predicted molar refractivity (Wildman–Crippen MR) is 120 cm³/mol. The second-order valence-electron chi connectivity index (χ2n) is 7.33. The summed E-state index contributed by atoms with van der Waals surface area (Å²) in [7, 11) is -1.21. The zero-order valence-electron chi connectivity index (χ0n) is 16.7. The van der Waals surface area contributed by atoms with Crippen molar-refractivity contribution in [3.63, 3.8) is 0 Å². The maximum Gasteiger partial charge on any atom is 0.289 e. The van der Waals surface area contributed by atoms with Gasteiger partial charge < -0.3 is 14.2 Å². The molecule has 1 aliphatic heterocycles. The van der Waals surface area contributed by atoms with Crippen molar-refractivity contribution in [1.29, 1.82) is 0 Å². The van der Waals surface area contributed by atoms with Gasteiger partial charge in [0.2, 0.25) is 0 Å². The second-order valence-corrected chi connectivity index (χ2v) is 9.22. The standard InChI is InChI=1S/C23H23ClN2O3S/c1-17-3-2-4-21(15-17)30(28)16-20-9-10-22(29-20)23(27)26-13-11-25(12-14-26)19-7-5-18(24)6-8-19/h2-10,15H,11-14,16H2,1H3/t30-/m1/s1. The summed E-state index contributed by atoms with van der Waals surface area (Å²) in [5, 5.41) is 0.713. The average molecular weight is 443 g/mol. The van der Waals surface area contributed by atoms with Crippen LogP contribution in [0.4, 0.5) is 5.69 Å². The number of carbonyl (C=O) groups is 1. The van der Waals surface area contributed by atoms with E-state index in [0.717, 1.165) is 29.2 Å². The number of aryl methyl sites for hydroxylation is 1. The maximum absolute atomic E-state index is 12.8. The number of amides is 1. The van der Waals surface area contributed by atoms with Gasteiger partial charge in [-0.3, -0.25) is 9.00 Å². The molecule has 0 unspecified atom stereocenters. The first-order valence-corrected chi connectivity index (χ1v) is 11.5. The van der Waals surface area contributed by atoms with Crippen molar-refractivity contribution in [2.24, 2.45) is 0 Å². The van der Waals surface area contributed by atoms with Gasteiger partial charge in [0.05, 0.1) is 16.6 Å². The van der Waals surface area contributed by atoms with Gasteiger partial charge >= 0.3 is 0 Å². The smallest absolute Gasteiger partial charge is 0.289 e. The minimum atomic E-state index is -1.21. The third kappa shape index (κ3) is 4.77. The van der Waals surface area contributed by atoms with E-state index in [1.807, 2.05) is 55.5 Å². The van der Waals surface area contributed by atoms with Crippen molar-refractivity contribution in [1.82, 2.24) is 4.90 Å². The molecular weight excluding hydrogens is 420 g/mol. The Bertz CT molecular complexity index is 1060. The summed E-state index contributed by atoms with van der Waals surface area (Å²) in [6.45, 7) is 4.70. The third-order valence-corrected chi connectivity index (χ3v) is 6.74. The monoisotopic (exact) mass is 442 g/mol. The Balaban J connectivity index is 1.35. The Morgan fingerprint density at radius 3 is 2.47 bits per heavy atom. The van der Waals surface area contributed by atoms with Crippen molar-refractivity contribution in [3.05, 3.63) is 82.8 Å². The van der Waals surface area contributed by atoms with Crippen molar-refractivity contribution < 1.29 is 13.4 Å². The highest BCUT2D eigenvalue weighted by atomic mass is 35.5. The second kappa shape index (κ2) is 9.06. The number of halogens is 1. The van der Waals surface area contributed by atoms with Gasteiger partial charge in [-0.25, -0.2) is 0 Å². The van der Waals surface area contributed by atoms with Crippen LogP contribution in [0.15, 0.2) is 70.0 Å². The molecule has 0 bridgehead atoms. The fraction of sp³-hybridized carbons (Fsp3) is 0.261. The summed E-state index contributed by atoms with van der Waals surface area (Å²) < 4.78 is 18.3. The van der Waals surface area contributed by atoms with Crippen LogP contribution in [-0.4, -0.2) is 41.2 Å². The quantitative estimate of drug-likeness (QED) is 0.583. The summed E-state index contributed by atoms with van der Waals surface area (Å²) in [6.07, 6.45) is 0. The van der Waals surface area contributed by atoms with E-state index in [1.165, 1.54) is 0 Å². The van der Waals surface area contributed by atoms with Crippen LogP contribution in [-0.2, 0) is 16.6 Å². The molecule has 3 aromatic rings. The lowest BCUT2D eigenvalue weighted by Crippen LogP contribution is -2.48. The molecule has 1 amide bonds. The average Bonchev–Trinajstić information content (AvgIpc) is 3.22. The van der Waals surface area contributed by atoms with Crippen molar-refractivity contribution >= 4 is 34.0 Å². The molecule has 1 aromatic heterocycles. The highest BCUT2D eigenvalue weighted by Crippen LogP contribution is 2.21. The molecule has 1 fully saturated rings. The van der Waals surface area contributed by atoms with Crippen LogP contribution >= 0.6 is 11.6 Å². The van der Waals surface area contributed by atoms with Crippen molar-refractivity contribution in [2.45, 2.75) is 17.6 Å². The lowest BCUT2D eigenvalue weighted by Gasteiger charge is -2.35. The first-order chi connectivity index (χ1) is 14.5. The Morgan fingerprint density at radius 1 is 1.03 bits per heavy atom. The van der Waals surface area contributed by atoms with Crippen LogP contribution in [0.1, 0.15) is 21.9 Å². The van der Waals surface area contributed by atoms with Crippen LogP contribution in [0.5, 0.6) is 0 Å². The van der Waals surface area contributed by atoms with Gasteiger partial charge in [0.25, 0.3) is 5.91 Å². The van der Waals surface area contributed by atoms with E-state index in [2.05, 4.69) is 4.90 Å². The number of rotatable bonds is 5. The fourth-order valence-corrected chi connectivity index (χ4v) is 4.77. The van der Waals surface area contributed by atoms with Crippen molar-refractivity contribution in [2.75, 3.05) is 31.1 Å². The number of benzene rings is 2. The molecule has 5 nitrogen and oxygen atoms in total. The van der Waals surface area contributed by atoms with E-state index in [1.54, 1.807) is 17.0 Å². The molecule has 0 spiro atoms. The van der Waals surface area contributed by atoms with Crippen LogP contribution in [0.2, 0.25) is 5.02 Å². The van der Waals surface area contributed by atoms with E-state index in [0.29, 0.717) is 29.6 Å². The van der Waals surface area contributed by atoms with Gasteiger partial charge in [-0.15, -0.1) is 0 Å². The third-order valence-electron chi connectivity index (χ3n) is 5.16. The minimum Gasteiger partial charge on any atom is -0.455 e. The predicted octanol–water partition coefficient (Wildman–Crippen LogP) is 4.51. The normalized spacial score (nSPS) is 15.3. The molecule has 1 saturated heterocycles. The zero-order valence-corrected chi connectivity index (χ0v) is 18.3. The molecule has 2 aromatic carbocycles. The minimum absolute atomic E-state index is 0.127. The van der Waals surface area contributed by atoms with E-state index in [9.17, 15) is 9.00 Å². The number of hydrogen-bond donors (Lipinski definition) is 0. The van der Waals surface area contributed by atoms with Crippen LogP contribution in [0, 0.1) is 6.92 Å². The van der Waals surface area contributed by atoms with Crippen LogP contribution < -0.4 is 4.90 Å². The molecule has 7 heteroatoms. The van der Waals surface area contributed by atoms with Crippen LogP contribution in [0.25, 0.3) is 0 Å². The number of furan rings is 1. The molecule has 0 saturated carbocycles. The van der Waals surface area contributed by atoms with Gasteiger partial charge in [0.1, 0.15) is 5.76 Å². The Kier molecular flexibility index (Phi) is 6.25. The largest absolute Gasteiger partial charge is 0.455 e. The molecule has 156 valence electrons. The van der Waals surface area contributed by atoms with E-state index in [4.69, 9.17) is 16.0 Å². The number of nitrogens with zero attached hydrogens (tertiary/aromatic N) is 2. The molecule has 0 N–H and O–H groups in total.